The highest BCUT2D eigenvalue weighted by molar-refractivity contribution is 6.47. The predicted molar refractivity (Wildman–Crippen MR) is 249 cm³/mol. The number of nitrogens with one attached hydrogen (secondary N) is 3. The molecule has 342 valence electrons. The van der Waals surface area contributed by atoms with Crippen LogP contribution >= 0.6 is 0 Å². The molecular formula is C43H54N16O6. The Hall–Kier alpha value is -8.14. The third kappa shape index (κ3) is 12.3. The lowest BCUT2D eigenvalue weighted by Crippen LogP contribution is -2.24. The first-order valence-electron chi connectivity index (χ1n) is 20.4. The molecule has 22 heteroatoms. The van der Waals surface area contributed by atoms with Crippen LogP contribution in [0.2, 0.25) is 0 Å². The molecule has 0 spiro atoms. The lowest BCUT2D eigenvalue weighted by atomic mass is 10.1. The van der Waals surface area contributed by atoms with Crippen LogP contribution in [0.1, 0.15) is 54.1 Å². The van der Waals surface area contributed by atoms with Gasteiger partial charge < -0.3 is 46.9 Å². The molecule has 0 aliphatic heterocycles. The number of aliphatic imine (C=N–C) groups is 2. The van der Waals surface area contributed by atoms with Crippen molar-refractivity contribution in [1.82, 2.24) is 39.4 Å². The summed E-state index contributed by atoms with van der Waals surface area (Å²) < 4.78 is 15.3. The topological polar surface area (TPSA) is 318 Å². The fourth-order valence-electron chi connectivity index (χ4n) is 6.44. The second-order valence-electron chi connectivity index (χ2n) is 14.3. The standard InChI is InChI=1S/C43H54N16O6/c1-7-49-32(17-25(3)44)40(62)54-42-52-30-19-27(38(46)60)21-34(64-6)36(30)57(42)13-9-10-14-58-37-31(53-43(58)55-41(63)33(50-8-2)18-26(4)45)20-28(39(47)61)22-35(37)65-16-12-11-15-59-51-24-29(56-59)23-48-5/h9-12,17-22,24,48H,7-8,13-16,23,44-45H2,1-6H3,(H2,46,60)(H2,47,61)(H,52,54,62)(H,53,55,63)/b10-9+,12-11+,25-17-,26-18-,49-32?,50-33?. The van der Waals surface area contributed by atoms with Gasteiger partial charge in [-0.3, -0.25) is 39.8 Å². The summed E-state index contributed by atoms with van der Waals surface area (Å²) in [4.78, 5) is 71.5. The van der Waals surface area contributed by atoms with E-state index in [0.29, 0.717) is 59.6 Å². The number of fused-ring (bicyclic) bond motifs is 2. The van der Waals surface area contributed by atoms with Gasteiger partial charge in [0, 0.05) is 55.2 Å². The molecule has 5 rings (SSSR count). The first-order chi connectivity index (χ1) is 31.2. The molecule has 0 unspecified atom stereocenters. The molecule has 3 heterocycles. The van der Waals surface area contributed by atoms with E-state index in [1.54, 1.807) is 66.1 Å². The normalized spacial score (nSPS) is 12.8. The highest BCUT2D eigenvalue weighted by Crippen LogP contribution is 2.33. The molecule has 0 bridgehead atoms. The van der Waals surface area contributed by atoms with Crippen LogP contribution in [0.4, 0.5) is 11.9 Å². The Morgan fingerprint density at radius 3 is 1.68 bits per heavy atom. The number of primary amides is 2. The lowest BCUT2D eigenvalue weighted by Gasteiger charge is -2.13. The Balaban J connectivity index is 1.57. The molecule has 0 radical (unpaired) electrons. The van der Waals surface area contributed by atoms with E-state index in [-0.39, 0.29) is 65.6 Å². The zero-order valence-corrected chi connectivity index (χ0v) is 37.1. The van der Waals surface area contributed by atoms with Crippen LogP contribution in [0.3, 0.4) is 0 Å². The zero-order valence-electron chi connectivity index (χ0n) is 37.1. The van der Waals surface area contributed by atoms with Gasteiger partial charge in [-0.15, -0.1) is 0 Å². The third-order valence-corrected chi connectivity index (χ3v) is 9.16. The van der Waals surface area contributed by atoms with E-state index in [1.165, 1.54) is 43.5 Å². The molecule has 0 aliphatic rings. The summed E-state index contributed by atoms with van der Waals surface area (Å²) in [7, 11) is 3.26. The summed E-state index contributed by atoms with van der Waals surface area (Å²) in [6.45, 7) is 8.70. The van der Waals surface area contributed by atoms with Crippen molar-refractivity contribution >= 4 is 69.0 Å². The molecule has 0 fully saturated rings. The van der Waals surface area contributed by atoms with Crippen LogP contribution in [0.15, 0.2) is 88.3 Å². The number of nitrogens with two attached hydrogens (primary N) is 4. The van der Waals surface area contributed by atoms with Crippen molar-refractivity contribution in [2.45, 2.75) is 53.9 Å². The fourth-order valence-corrected chi connectivity index (χ4v) is 6.44. The molecule has 4 amide bonds. The van der Waals surface area contributed by atoms with E-state index in [9.17, 15) is 19.2 Å². The second-order valence-corrected chi connectivity index (χ2v) is 14.3. The Morgan fingerprint density at radius 1 is 0.723 bits per heavy atom. The first kappa shape index (κ1) is 47.9. The molecule has 0 saturated heterocycles. The van der Waals surface area contributed by atoms with Gasteiger partial charge in [0.05, 0.1) is 36.6 Å². The number of amides is 4. The summed E-state index contributed by atoms with van der Waals surface area (Å²) in [5.41, 5.74) is 26.7. The Morgan fingerprint density at radius 2 is 1.22 bits per heavy atom. The molecule has 3 aromatic heterocycles. The fraction of sp³-hybridized carbons (Fsp3) is 0.302. The number of carbonyl (C=O) groups is 4. The maximum absolute atomic E-state index is 13.7. The Kier molecular flexibility index (Phi) is 16.4. The molecule has 2 aromatic carbocycles. The van der Waals surface area contributed by atoms with E-state index in [0.717, 1.165) is 5.69 Å². The monoisotopic (exact) mass is 890 g/mol. The average molecular weight is 891 g/mol. The number of imidazole rings is 2. The van der Waals surface area contributed by atoms with Gasteiger partial charge in [-0.2, -0.15) is 15.0 Å². The highest BCUT2D eigenvalue weighted by atomic mass is 16.5. The number of methoxy groups -OCH3 is 1. The summed E-state index contributed by atoms with van der Waals surface area (Å²) in [5.74, 6) is -1.84. The van der Waals surface area contributed by atoms with E-state index >= 15 is 0 Å². The van der Waals surface area contributed by atoms with E-state index < -0.39 is 23.6 Å². The van der Waals surface area contributed by atoms with Crippen molar-refractivity contribution in [2.24, 2.45) is 32.9 Å². The van der Waals surface area contributed by atoms with Crippen LogP contribution in [0.25, 0.3) is 22.1 Å². The minimum absolute atomic E-state index is 0.0742. The summed E-state index contributed by atoms with van der Waals surface area (Å²) in [6.07, 6.45) is 11.8. The van der Waals surface area contributed by atoms with Crippen LogP contribution in [0.5, 0.6) is 11.5 Å². The number of hydrogen-bond donors (Lipinski definition) is 7. The second kappa shape index (κ2) is 22.3. The Bertz CT molecular complexity index is 2760. The van der Waals surface area contributed by atoms with Crippen molar-refractivity contribution in [3.8, 4) is 11.5 Å². The molecular weight excluding hydrogens is 837 g/mol. The van der Waals surface area contributed by atoms with Gasteiger partial charge in [0.15, 0.2) is 0 Å². The molecule has 22 nitrogen and oxygen atoms in total. The number of allylic oxidation sites excluding steroid dienone is 5. The number of anilines is 2. The molecule has 65 heavy (non-hydrogen) atoms. The summed E-state index contributed by atoms with van der Waals surface area (Å²) in [6, 6.07) is 5.99. The van der Waals surface area contributed by atoms with Crippen LogP contribution < -0.4 is 48.4 Å². The van der Waals surface area contributed by atoms with Gasteiger partial charge in [-0.25, -0.2) is 9.97 Å². The zero-order chi connectivity index (χ0) is 47.2. The average Bonchev–Trinajstić information content (AvgIpc) is 3.96. The van der Waals surface area contributed by atoms with Crippen molar-refractivity contribution in [2.75, 3.05) is 44.5 Å². The molecule has 11 N–H and O–H groups in total. The highest BCUT2D eigenvalue weighted by Gasteiger charge is 2.23. The largest absolute Gasteiger partial charge is 0.494 e. The smallest absolute Gasteiger partial charge is 0.276 e. The number of ether oxygens (including phenoxy) is 2. The van der Waals surface area contributed by atoms with Crippen LogP contribution in [-0.4, -0.2) is 103 Å². The number of benzene rings is 2. The Labute approximate surface area is 374 Å². The minimum Gasteiger partial charge on any atom is -0.494 e. The number of aromatic nitrogens is 7. The van der Waals surface area contributed by atoms with Crippen molar-refractivity contribution in [3.05, 3.63) is 95.1 Å². The first-order valence-corrected chi connectivity index (χ1v) is 20.4. The number of hydrogen-bond acceptors (Lipinski definition) is 15. The maximum Gasteiger partial charge on any atom is 0.276 e. The van der Waals surface area contributed by atoms with Gasteiger partial charge in [0.1, 0.15) is 40.6 Å². The SMILES string of the molecule is CCN=C(/C=C(/C)N)C(=O)Nc1nc2cc(C(N)=O)cc(OC)c2n1C/C=C/Cn1c(NC(=O)C(/C=C(/C)N)=NCC)nc2cc(C(N)=O)cc(OC/C=C/Cn3ncc(CNC)n3)c21. The predicted octanol–water partition coefficient (Wildman–Crippen LogP) is 2.32. The summed E-state index contributed by atoms with van der Waals surface area (Å²) in [5, 5.41) is 17.4. The molecule has 5 aromatic rings. The van der Waals surface area contributed by atoms with E-state index in [2.05, 4.69) is 41.1 Å². The third-order valence-electron chi connectivity index (χ3n) is 9.16. The van der Waals surface area contributed by atoms with E-state index in [1.807, 2.05) is 13.1 Å². The molecule has 0 saturated carbocycles. The summed E-state index contributed by atoms with van der Waals surface area (Å²) >= 11 is 0. The van der Waals surface area contributed by atoms with Crippen molar-refractivity contribution in [1.29, 1.82) is 0 Å². The molecule has 0 atom stereocenters. The molecule has 0 aliphatic carbocycles. The quantitative estimate of drug-likeness (QED) is 0.0388. The van der Waals surface area contributed by atoms with E-state index in [4.69, 9.17) is 37.4 Å². The van der Waals surface area contributed by atoms with Crippen LogP contribution in [0, 0.1) is 0 Å². The van der Waals surface area contributed by atoms with Gasteiger partial charge in [-0.1, -0.05) is 18.2 Å². The van der Waals surface area contributed by atoms with Crippen molar-refractivity contribution < 1.29 is 28.7 Å². The number of carbonyl (C=O) groups excluding carboxylic acids is 4. The van der Waals surface area contributed by atoms with Gasteiger partial charge in [-0.05, 0) is 77.2 Å². The van der Waals surface area contributed by atoms with Crippen molar-refractivity contribution in [3.63, 3.8) is 0 Å². The van der Waals surface area contributed by atoms with Crippen LogP contribution in [-0.2, 0) is 35.8 Å². The minimum atomic E-state index is -0.716. The van der Waals surface area contributed by atoms with Gasteiger partial charge >= 0.3 is 0 Å². The van der Waals surface area contributed by atoms with Gasteiger partial charge in [0.25, 0.3) is 11.8 Å². The van der Waals surface area contributed by atoms with Gasteiger partial charge in [0.2, 0.25) is 23.7 Å². The maximum atomic E-state index is 13.7. The number of nitrogens with zero attached hydrogens (tertiary/aromatic N) is 9. The number of rotatable bonds is 22. The lowest BCUT2D eigenvalue weighted by molar-refractivity contribution is -0.111.